The predicted molar refractivity (Wildman–Crippen MR) is 71.8 cm³/mol. The number of rotatable bonds is 4. The van der Waals surface area contributed by atoms with Gasteiger partial charge in [-0.25, -0.2) is 8.42 Å². The fourth-order valence-electron chi connectivity index (χ4n) is 1.94. The summed E-state index contributed by atoms with van der Waals surface area (Å²) in [5.41, 5.74) is 9.20. The Morgan fingerprint density at radius 3 is 2.35 bits per heavy atom. The second-order valence-electron chi connectivity index (χ2n) is 4.54. The minimum absolute atomic E-state index is 0.132. The number of sulfone groups is 1. The molecular weight excluding hydrogens is 234 g/mol. The second-order valence-corrected chi connectivity index (χ2v) is 7.19. The zero-order valence-electron chi connectivity index (χ0n) is 10.9. The van der Waals surface area contributed by atoms with Gasteiger partial charge in [0.25, 0.3) is 0 Å². The Morgan fingerprint density at radius 1 is 1.29 bits per heavy atom. The maximum absolute atomic E-state index is 11.8. The molecule has 0 aromatic heterocycles. The van der Waals surface area contributed by atoms with Crippen LogP contribution in [0.3, 0.4) is 0 Å². The van der Waals surface area contributed by atoms with E-state index in [-0.39, 0.29) is 5.75 Å². The standard InChI is InChI=1S/C13H21NO2S/c1-5-17(15,16)11(4)13(14)12-7-6-9(2)8-10(12)3/h6-8,11,13H,5,14H2,1-4H3. The van der Waals surface area contributed by atoms with Gasteiger partial charge < -0.3 is 5.73 Å². The second kappa shape index (κ2) is 5.19. The van der Waals surface area contributed by atoms with Crippen molar-refractivity contribution in [3.8, 4) is 0 Å². The van der Waals surface area contributed by atoms with Crippen molar-refractivity contribution in [3.05, 3.63) is 34.9 Å². The maximum Gasteiger partial charge on any atom is 0.154 e. The highest BCUT2D eigenvalue weighted by Crippen LogP contribution is 2.23. The van der Waals surface area contributed by atoms with Crippen molar-refractivity contribution in [3.63, 3.8) is 0 Å². The van der Waals surface area contributed by atoms with Crippen molar-refractivity contribution in [2.45, 2.75) is 39.0 Å². The molecule has 0 fully saturated rings. The van der Waals surface area contributed by atoms with Crippen LogP contribution in [-0.2, 0) is 9.84 Å². The fourth-order valence-corrected chi connectivity index (χ4v) is 3.06. The summed E-state index contributed by atoms with van der Waals surface area (Å²) in [6.45, 7) is 7.31. The quantitative estimate of drug-likeness (QED) is 0.896. The van der Waals surface area contributed by atoms with Gasteiger partial charge in [-0.05, 0) is 31.9 Å². The molecule has 0 amide bonds. The summed E-state index contributed by atoms with van der Waals surface area (Å²) in [4.78, 5) is 0. The van der Waals surface area contributed by atoms with Crippen molar-refractivity contribution < 1.29 is 8.42 Å². The molecule has 0 aliphatic rings. The largest absolute Gasteiger partial charge is 0.323 e. The van der Waals surface area contributed by atoms with Crippen molar-refractivity contribution in [2.75, 3.05) is 5.75 Å². The lowest BCUT2D eigenvalue weighted by Gasteiger charge is -2.21. The van der Waals surface area contributed by atoms with E-state index in [4.69, 9.17) is 5.73 Å². The summed E-state index contributed by atoms with van der Waals surface area (Å²) >= 11 is 0. The van der Waals surface area contributed by atoms with Gasteiger partial charge >= 0.3 is 0 Å². The van der Waals surface area contributed by atoms with Crippen molar-refractivity contribution in [2.24, 2.45) is 5.73 Å². The van der Waals surface area contributed by atoms with E-state index in [1.807, 2.05) is 32.0 Å². The SMILES string of the molecule is CCS(=O)(=O)C(C)C(N)c1ccc(C)cc1C. The van der Waals surface area contributed by atoms with Gasteiger partial charge in [0.2, 0.25) is 0 Å². The van der Waals surface area contributed by atoms with Crippen molar-refractivity contribution >= 4 is 9.84 Å². The molecule has 2 N–H and O–H groups in total. The predicted octanol–water partition coefficient (Wildman–Crippen LogP) is 2.13. The lowest BCUT2D eigenvalue weighted by Crippen LogP contribution is -2.32. The van der Waals surface area contributed by atoms with E-state index < -0.39 is 21.1 Å². The zero-order chi connectivity index (χ0) is 13.2. The highest BCUT2D eigenvalue weighted by atomic mass is 32.2. The Bertz CT molecular complexity index is 494. The average Bonchev–Trinajstić information content (AvgIpc) is 2.27. The molecule has 0 aliphatic carbocycles. The third-order valence-electron chi connectivity index (χ3n) is 3.26. The van der Waals surface area contributed by atoms with Crippen LogP contribution in [0.15, 0.2) is 18.2 Å². The van der Waals surface area contributed by atoms with E-state index in [1.165, 1.54) is 0 Å². The smallest absolute Gasteiger partial charge is 0.154 e. The van der Waals surface area contributed by atoms with Crippen LogP contribution in [0.25, 0.3) is 0 Å². The van der Waals surface area contributed by atoms with E-state index in [0.717, 1.165) is 16.7 Å². The fraction of sp³-hybridized carbons (Fsp3) is 0.538. The van der Waals surface area contributed by atoms with Gasteiger partial charge in [-0.3, -0.25) is 0 Å². The van der Waals surface area contributed by atoms with Crippen LogP contribution >= 0.6 is 0 Å². The minimum Gasteiger partial charge on any atom is -0.323 e. The van der Waals surface area contributed by atoms with Crippen LogP contribution < -0.4 is 5.73 Å². The highest BCUT2D eigenvalue weighted by molar-refractivity contribution is 7.92. The Balaban J connectivity index is 3.09. The number of benzene rings is 1. The average molecular weight is 255 g/mol. The van der Waals surface area contributed by atoms with Crippen molar-refractivity contribution in [1.29, 1.82) is 0 Å². The molecule has 0 saturated carbocycles. The molecule has 1 aromatic carbocycles. The first-order valence-corrected chi connectivity index (χ1v) is 7.55. The molecule has 96 valence electrons. The van der Waals surface area contributed by atoms with Crippen LogP contribution in [0.2, 0.25) is 0 Å². The highest BCUT2D eigenvalue weighted by Gasteiger charge is 2.27. The lowest BCUT2D eigenvalue weighted by atomic mass is 9.98. The summed E-state index contributed by atoms with van der Waals surface area (Å²) in [6.07, 6.45) is 0. The zero-order valence-corrected chi connectivity index (χ0v) is 11.7. The monoisotopic (exact) mass is 255 g/mol. The molecule has 4 heteroatoms. The van der Waals surface area contributed by atoms with Gasteiger partial charge in [0, 0.05) is 11.8 Å². The van der Waals surface area contributed by atoms with Crippen LogP contribution in [0.5, 0.6) is 0 Å². The van der Waals surface area contributed by atoms with Gasteiger partial charge in [0.1, 0.15) is 0 Å². The van der Waals surface area contributed by atoms with Crippen molar-refractivity contribution in [1.82, 2.24) is 0 Å². The summed E-state index contributed by atoms with van der Waals surface area (Å²) in [6, 6.07) is 5.46. The number of hydrogen-bond donors (Lipinski definition) is 1. The minimum atomic E-state index is -3.10. The third-order valence-corrected chi connectivity index (χ3v) is 5.49. The first-order chi connectivity index (χ1) is 7.79. The Morgan fingerprint density at radius 2 is 1.88 bits per heavy atom. The summed E-state index contributed by atoms with van der Waals surface area (Å²) in [5, 5.41) is -0.547. The van der Waals surface area contributed by atoms with Gasteiger partial charge in [-0.2, -0.15) is 0 Å². The van der Waals surface area contributed by atoms with Crippen LogP contribution in [0.4, 0.5) is 0 Å². The van der Waals surface area contributed by atoms with Gasteiger partial charge in [0.15, 0.2) is 9.84 Å². The Kier molecular flexibility index (Phi) is 4.33. The van der Waals surface area contributed by atoms with Gasteiger partial charge in [-0.1, -0.05) is 30.7 Å². The number of nitrogens with two attached hydrogens (primary N) is 1. The Labute approximate surface area is 104 Å². The molecule has 0 radical (unpaired) electrons. The van der Waals surface area contributed by atoms with Crippen LogP contribution in [-0.4, -0.2) is 19.4 Å². The first-order valence-electron chi connectivity index (χ1n) is 5.84. The summed E-state index contributed by atoms with van der Waals surface area (Å²) in [7, 11) is -3.10. The molecule has 0 saturated heterocycles. The normalized spacial score (nSPS) is 15.6. The summed E-state index contributed by atoms with van der Waals surface area (Å²) in [5.74, 6) is 0.132. The molecule has 3 nitrogen and oxygen atoms in total. The van der Waals surface area contributed by atoms with E-state index >= 15 is 0 Å². The Hall–Kier alpha value is -0.870. The van der Waals surface area contributed by atoms with Gasteiger partial charge in [-0.15, -0.1) is 0 Å². The molecular formula is C13H21NO2S. The topological polar surface area (TPSA) is 60.2 Å². The molecule has 17 heavy (non-hydrogen) atoms. The van der Waals surface area contributed by atoms with Gasteiger partial charge in [0.05, 0.1) is 5.25 Å². The van der Waals surface area contributed by atoms with Crippen LogP contribution in [0, 0.1) is 13.8 Å². The number of aryl methyl sites for hydroxylation is 2. The maximum atomic E-state index is 11.8. The first kappa shape index (κ1) is 14.2. The lowest BCUT2D eigenvalue weighted by molar-refractivity contribution is 0.565. The molecule has 0 heterocycles. The third kappa shape index (κ3) is 3.07. The number of hydrogen-bond acceptors (Lipinski definition) is 3. The van der Waals surface area contributed by atoms with E-state index in [1.54, 1.807) is 13.8 Å². The summed E-state index contributed by atoms with van der Waals surface area (Å²) < 4.78 is 23.6. The van der Waals surface area contributed by atoms with E-state index in [9.17, 15) is 8.42 Å². The molecule has 0 bridgehead atoms. The molecule has 1 aromatic rings. The molecule has 2 atom stereocenters. The van der Waals surface area contributed by atoms with Crippen LogP contribution in [0.1, 0.15) is 36.6 Å². The van der Waals surface area contributed by atoms with E-state index in [0.29, 0.717) is 0 Å². The van der Waals surface area contributed by atoms with E-state index in [2.05, 4.69) is 0 Å². The molecule has 1 rings (SSSR count). The molecule has 0 spiro atoms. The molecule has 0 aliphatic heterocycles. The molecule has 2 unspecified atom stereocenters.